The number of hydrogen-bond donors (Lipinski definition) is 2. The van der Waals surface area contributed by atoms with Crippen LogP contribution >= 0.6 is 0 Å². The second-order valence-corrected chi connectivity index (χ2v) is 8.36. The van der Waals surface area contributed by atoms with Crippen LogP contribution in [0.25, 0.3) is 0 Å². The van der Waals surface area contributed by atoms with Gasteiger partial charge in [0.25, 0.3) is 0 Å². The van der Waals surface area contributed by atoms with E-state index in [2.05, 4.69) is 20.8 Å². The van der Waals surface area contributed by atoms with Crippen molar-refractivity contribution in [2.24, 2.45) is 5.92 Å². The number of unbranched alkanes of at least 4 members (excludes halogenated alkanes) is 14. The van der Waals surface area contributed by atoms with E-state index in [1.165, 1.54) is 77.0 Å². The van der Waals surface area contributed by atoms with Crippen molar-refractivity contribution in [3.8, 4) is 0 Å². The number of Topliss-reactive ketones (excluding diaryl/α,β-unsaturated/α-hetero) is 1. The molecule has 0 rings (SSSR count). The molecule has 0 heterocycles. The molecule has 0 amide bonds. The van der Waals surface area contributed by atoms with Gasteiger partial charge in [0.15, 0.2) is 0 Å². The summed E-state index contributed by atoms with van der Waals surface area (Å²) in [4.78, 5) is 33.4. The minimum Gasteiger partial charge on any atom is -0.481 e. The van der Waals surface area contributed by atoms with Crippen LogP contribution < -0.4 is 0 Å². The highest BCUT2D eigenvalue weighted by molar-refractivity contribution is 6.00. The van der Waals surface area contributed by atoms with Crippen molar-refractivity contribution >= 4 is 17.7 Å². The summed E-state index contributed by atoms with van der Waals surface area (Å²) in [6.45, 7) is 6.50. The lowest BCUT2D eigenvalue weighted by atomic mass is 9.95. The average molecular weight is 429 g/mol. The summed E-state index contributed by atoms with van der Waals surface area (Å²) < 4.78 is 0. The van der Waals surface area contributed by atoms with Crippen molar-refractivity contribution in [2.45, 2.75) is 136 Å². The number of carbonyl (C=O) groups excluding carboxylic acids is 1. The number of rotatable bonds is 20. The van der Waals surface area contributed by atoms with Gasteiger partial charge in [0.2, 0.25) is 0 Å². The number of carboxylic acid groups (broad SMARTS) is 2. The van der Waals surface area contributed by atoms with E-state index in [9.17, 15) is 14.4 Å². The topological polar surface area (TPSA) is 91.7 Å². The van der Waals surface area contributed by atoms with Crippen LogP contribution in [0, 0.1) is 5.92 Å². The molecule has 1 atom stereocenters. The fourth-order valence-electron chi connectivity index (χ4n) is 3.36. The van der Waals surface area contributed by atoms with Crippen LogP contribution in [0.1, 0.15) is 136 Å². The summed E-state index contributed by atoms with van der Waals surface area (Å²) >= 11 is 0. The van der Waals surface area contributed by atoms with E-state index < -0.39 is 30.1 Å². The zero-order chi connectivity index (χ0) is 23.0. The van der Waals surface area contributed by atoms with E-state index in [1.54, 1.807) is 0 Å². The van der Waals surface area contributed by atoms with E-state index in [0.29, 0.717) is 6.42 Å². The van der Waals surface area contributed by atoms with E-state index in [-0.39, 0.29) is 6.42 Å². The Morgan fingerprint density at radius 1 is 0.600 bits per heavy atom. The first-order chi connectivity index (χ1) is 14.4. The molecule has 0 radical (unpaired) electrons. The predicted octanol–water partition coefficient (Wildman–Crippen LogP) is 7.41. The van der Waals surface area contributed by atoms with Crippen molar-refractivity contribution in [3.63, 3.8) is 0 Å². The molecule has 0 aliphatic carbocycles. The van der Waals surface area contributed by atoms with Gasteiger partial charge in [-0.25, -0.2) is 0 Å². The van der Waals surface area contributed by atoms with E-state index in [0.717, 1.165) is 19.3 Å². The lowest BCUT2D eigenvalue weighted by Gasteiger charge is -2.08. The Morgan fingerprint density at radius 3 is 1.23 bits per heavy atom. The van der Waals surface area contributed by atoms with Gasteiger partial charge in [0, 0.05) is 6.42 Å². The number of aliphatic carboxylic acids is 2. The van der Waals surface area contributed by atoms with Crippen LogP contribution in [-0.2, 0) is 14.4 Å². The highest BCUT2D eigenvalue weighted by atomic mass is 16.4. The Labute approximate surface area is 185 Å². The minimum absolute atomic E-state index is 0.169. The quantitative estimate of drug-likeness (QED) is 0.156. The van der Waals surface area contributed by atoms with Crippen LogP contribution in [0.15, 0.2) is 0 Å². The van der Waals surface area contributed by atoms with Crippen LogP contribution in [0.4, 0.5) is 0 Å². The molecule has 0 aromatic carbocycles. The van der Waals surface area contributed by atoms with Gasteiger partial charge in [-0.15, -0.1) is 0 Å². The largest absolute Gasteiger partial charge is 0.481 e. The van der Waals surface area contributed by atoms with Gasteiger partial charge in [-0.1, -0.05) is 117 Å². The summed E-state index contributed by atoms with van der Waals surface area (Å²) in [5.41, 5.74) is 0. The van der Waals surface area contributed by atoms with Gasteiger partial charge in [-0.05, 0) is 6.42 Å². The zero-order valence-corrected chi connectivity index (χ0v) is 19.9. The second-order valence-electron chi connectivity index (χ2n) is 8.36. The molecule has 0 spiro atoms. The second kappa shape index (κ2) is 23.9. The number of carbonyl (C=O) groups is 3. The SMILES string of the molecule is CCC.CCCCCCCCCCCCCCCCCC(=O)C(CC(=O)O)C(=O)O. The maximum absolute atomic E-state index is 11.8. The molecule has 5 heteroatoms. The summed E-state index contributed by atoms with van der Waals surface area (Å²) in [6.07, 6.45) is 19.3. The molecule has 0 saturated heterocycles. The summed E-state index contributed by atoms with van der Waals surface area (Å²) in [5.74, 6) is -4.43. The monoisotopic (exact) mass is 428 g/mol. The third-order valence-electron chi connectivity index (χ3n) is 5.09. The predicted molar refractivity (Wildman–Crippen MR) is 124 cm³/mol. The molecule has 0 saturated carbocycles. The first-order valence-electron chi connectivity index (χ1n) is 12.4. The van der Waals surface area contributed by atoms with E-state index in [4.69, 9.17) is 10.2 Å². The van der Waals surface area contributed by atoms with Crippen LogP contribution in [-0.4, -0.2) is 27.9 Å². The number of hydrogen-bond acceptors (Lipinski definition) is 3. The van der Waals surface area contributed by atoms with Crippen molar-refractivity contribution in [2.75, 3.05) is 0 Å². The molecular formula is C25H48O5. The Morgan fingerprint density at radius 2 is 0.933 bits per heavy atom. The molecule has 2 N–H and O–H groups in total. The smallest absolute Gasteiger partial charge is 0.314 e. The highest BCUT2D eigenvalue weighted by Gasteiger charge is 2.27. The van der Waals surface area contributed by atoms with E-state index >= 15 is 0 Å². The molecule has 0 aromatic heterocycles. The fraction of sp³-hybridized carbons (Fsp3) is 0.880. The van der Waals surface area contributed by atoms with Gasteiger partial charge in [0.1, 0.15) is 11.7 Å². The van der Waals surface area contributed by atoms with Crippen LogP contribution in [0.2, 0.25) is 0 Å². The zero-order valence-electron chi connectivity index (χ0n) is 19.9. The normalized spacial score (nSPS) is 11.4. The maximum atomic E-state index is 11.8. The Balaban J connectivity index is 0. The first-order valence-corrected chi connectivity index (χ1v) is 12.4. The fourth-order valence-corrected chi connectivity index (χ4v) is 3.36. The summed E-state index contributed by atoms with van der Waals surface area (Å²) in [6, 6.07) is 0. The lowest BCUT2D eigenvalue weighted by Crippen LogP contribution is -2.26. The van der Waals surface area contributed by atoms with Gasteiger partial charge >= 0.3 is 11.9 Å². The van der Waals surface area contributed by atoms with E-state index in [1.807, 2.05) is 0 Å². The van der Waals surface area contributed by atoms with Gasteiger partial charge in [0.05, 0.1) is 6.42 Å². The standard InChI is InChI=1S/C22H40O5.C3H8/c1-2-3-4-5-6-7-8-9-10-11-12-13-14-15-16-17-20(23)19(22(26)27)18-21(24)25;1-3-2/h19H,2-18H2,1H3,(H,24,25)(H,26,27);3H2,1-2H3. The van der Waals surface area contributed by atoms with Crippen molar-refractivity contribution < 1.29 is 24.6 Å². The van der Waals surface area contributed by atoms with Crippen LogP contribution in [0.3, 0.4) is 0 Å². The highest BCUT2D eigenvalue weighted by Crippen LogP contribution is 2.15. The third kappa shape index (κ3) is 22.9. The number of ketones is 1. The van der Waals surface area contributed by atoms with Crippen molar-refractivity contribution in [1.29, 1.82) is 0 Å². The molecule has 0 bridgehead atoms. The Hall–Kier alpha value is -1.39. The molecular weight excluding hydrogens is 380 g/mol. The molecule has 5 nitrogen and oxygen atoms in total. The summed E-state index contributed by atoms with van der Waals surface area (Å²) in [5, 5.41) is 17.6. The molecule has 0 fully saturated rings. The lowest BCUT2D eigenvalue weighted by molar-refractivity contribution is -0.152. The van der Waals surface area contributed by atoms with Crippen molar-refractivity contribution in [3.05, 3.63) is 0 Å². The molecule has 0 aliphatic heterocycles. The number of carboxylic acids is 2. The molecule has 30 heavy (non-hydrogen) atoms. The third-order valence-corrected chi connectivity index (χ3v) is 5.09. The molecule has 0 aromatic rings. The van der Waals surface area contributed by atoms with Crippen molar-refractivity contribution in [1.82, 2.24) is 0 Å². The molecule has 178 valence electrons. The summed E-state index contributed by atoms with van der Waals surface area (Å²) in [7, 11) is 0. The molecule has 0 aliphatic rings. The molecule has 1 unspecified atom stereocenters. The van der Waals surface area contributed by atoms with Gasteiger partial charge < -0.3 is 10.2 Å². The van der Waals surface area contributed by atoms with Crippen LogP contribution in [0.5, 0.6) is 0 Å². The Kier molecular flexibility index (Phi) is 24.5. The maximum Gasteiger partial charge on any atom is 0.314 e. The Bertz CT molecular complexity index is 420. The van der Waals surface area contributed by atoms with Gasteiger partial charge in [-0.3, -0.25) is 14.4 Å². The minimum atomic E-state index is -1.39. The van der Waals surface area contributed by atoms with Gasteiger partial charge in [-0.2, -0.15) is 0 Å². The first kappa shape index (κ1) is 30.8. The average Bonchev–Trinajstić information content (AvgIpc) is 2.69.